The van der Waals surface area contributed by atoms with E-state index in [-0.39, 0.29) is 17.0 Å². The van der Waals surface area contributed by atoms with Crippen molar-refractivity contribution in [3.8, 4) is 0 Å². The summed E-state index contributed by atoms with van der Waals surface area (Å²) in [5, 5.41) is 0. The maximum absolute atomic E-state index is 13.7. The second-order valence-electron chi connectivity index (χ2n) is 4.50. The molecule has 0 bridgehead atoms. The molecule has 0 atom stereocenters. The van der Waals surface area contributed by atoms with Crippen LogP contribution in [0.4, 0.5) is 4.39 Å². The Bertz CT molecular complexity index is 548. The Hall–Kier alpha value is -0.630. The molecule has 0 fully saturated rings. The molecule has 0 unspecified atom stereocenters. The fourth-order valence-corrected chi connectivity index (χ4v) is 3.63. The molecule has 0 amide bonds. The van der Waals surface area contributed by atoms with Gasteiger partial charge >= 0.3 is 0 Å². The third-order valence-electron chi connectivity index (χ3n) is 2.95. The van der Waals surface area contributed by atoms with Crippen LogP contribution in [0.5, 0.6) is 0 Å². The molecule has 1 aromatic rings. The molecule has 0 heterocycles. The quantitative estimate of drug-likeness (QED) is 0.719. The molecule has 0 aliphatic carbocycles. The zero-order valence-corrected chi connectivity index (χ0v) is 13.4. The van der Waals surface area contributed by atoms with Crippen molar-refractivity contribution in [1.82, 2.24) is 4.72 Å². The molecule has 1 aromatic carbocycles. The summed E-state index contributed by atoms with van der Waals surface area (Å²) in [6, 6.07) is 2.70. The number of benzene rings is 1. The van der Waals surface area contributed by atoms with Crippen LogP contribution < -0.4 is 10.5 Å². The summed E-state index contributed by atoms with van der Waals surface area (Å²) in [5.74, 6) is 0.452. The molecule has 0 aliphatic rings. The van der Waals surface area contributed by atoms with Crippen LogP contribution in [-0.4, -0.2) is 27.0 Å². The highest BCUT2D eigenvalue weighted by Crippen LogP contribution is 2.20. The van der Waals surface area contributed by atoms with Crippen molar-refractivity contribution >= 4 is 21.8 Å². The molecule has 0 radical (unpaired) electrons. The fourth-order valence-electron chi connectivity index (χ4n) is 1.76. The van der Waals surface area contributed by atoms with Gasteiger partial charge < -0.3 is 5.73 Å². The third-order valence-corrected chi connectivity index (χ3v) is 5.23. The van der Waals surface area contributed by atoms with E-state index in [0.29, 0.717) is 12.1 Å². The van der Waals surface area contributed by atoms with Gasteiger partial charge in [0.15, 0.2) is 0 Å². The van der Waals surface area contributed by atoms with Gasteiger partial charge in [0.2, 0.25) is 10.0 Å². The maximum Gasteiger partial charge on any atom is 0.240 e. The Balaban J connectivity index is 2.84. The first-order valence-electron chi connectivity index (χ1n) is 6.40. The minimum atomic E-state index is -3.69. The summed E-state index contributed by atoms with van der Waals surface area (Å²) in [6.45, 7) is 1.92. The summed E-state index contributed by atoms with van der Waals surface area (Å²) < 4.78 is 40.6. The molecular weight excluding hydrogens is 299 g/mol. The van der Waals surface area contributed by atoms with E-state index in [1.807, 2.05) is 6.26 Å². The van der Waals surface area contributed by atoms with Gasteiger partial charge in [0.1, 0.15) is 5.82 Å². The Morgan fingerprint density at radius 3 is 2.65 bits per heavy atom. The van der Waals surface area contributed by atoms with E-state index in [9.17, 15) is 12.8 Å². The van der Waals surface area contributed by atoms with E-state index >= 15 is 0 Å². The van der Waals surface area contributed by atoms with Crippen LogP contribution in [-0.2, 0) is 16.6 Å². The van der Waals surface area contributed by atoms with Crippen LogP contribution >= 0.6 is 11.8 Å². The lowest BCUT2D eigenvalue weighted by Crippen LogP contribution is -2.26. The van der Waals surface area contributed by atoms with E-state index < -0.39 is 15.8 Å². The minimum Gasteiger partial charge on any atom is -0.326 e. The molecule has 3 N–H and O–H groups in total. The highest BCUT2D eigenvalue weighted by atomic mass is 32.2. The largest absolute Gasteiger partial charge is 0.326 e. The Morgan fingerprint density at radius 1 is 1.35 bits per heavy atom. The summed E-state index contributed by atoms with van der Waals surface area (Å²) in [6.07, 6.45) is 3.71. The number of thioether (sulfide) groups is 1. The second kappa shape index (κ2) is 7.97. The number of halogens is 1. The van der Waals surface area contributed by atoms with Crippen LogP contribution in [0.15, 0.2) is 17.0 Å². The zero-order chi connectivity index (χ0) is 15.2. The van der Waals surface area contributed by atoms with Gasteiger partial charge in [0.25, 0.3) is 0 Å². The summed E-state index contributed by atoms with van der Waals surface area (Å²) in [4.78, 5) is -0.0252. The summed E-state index contributed by atoms with van der Waals surface area (Å²) >= 11 is 1.72. The average Bonchev–Trinajstić information content (AvgIpc) is 2.41. The third kappa shape index (κ3) is 4.73. The van der Waals surface area contributed by atoms with Crippen molar-refractivity contribution in [2.45, 2.75) is 31.2 Å². The van der Waals surface area contributed by atoms with E-state index in [4.69, 9.17) is 5.73 Å². The van der Waals surface area contributed by atoms with E-state index in [1.54, 1.807) is 11.8 Å². The van der Waals surface area contributed by atoms with Gasteiger partial charge in [-0.05, 0) is 49.5 Å². The normalized spacial score (nSPS) is 11.8. The predicted molar refractivity (Wildman–Crippen MR) is 81.8 cm³/mol. The van der Waals surface area contributed by atoms with Crippen molar-refractivity contribution in [2.24, 2.45) is 5.73 Å². The number of nitrogens with two attached hydrogens (primary N) is 1. The van der Waals surface area contributed by atoms with Crippen molar-refractivity contribution in [3.63, 3.8) is 0 Å². The molecule has 0 aromatic heterocycles. The molecule has 20 heavy (non-hydrogen) atoms. The topological polar surface area (TPSA) is 72.2 Å². The van der Waals surface area contributed by atoms with Gasteiger partial charge in [-0.3, -0.25) is 0 Å². The van der Waals surface area contributed by atoms with Gasteiger partial charge in [-0.2, -0.15) is 11.8 Å². The SMILES string of the molecule is CSCCCCNS(=O)(=O)c1cc(CN)cc(F)c1C. The van der Waals surface area contributed by atoms with Gasteiger partial charge in [0, 0.05) is 18.7 Å². The van der Waals surface area contributed by atoms with Crippen LogP contribution in [0.3, 0.4) is 0 Å². The van der Waals surface area contributed by atoms with E-state index in [0.717, 1.165) is 18.6 Å². The lowest BCUT2D eigenvalue weighted by molar-refractivity contribution is 0.571. The summed E-state index contributed by atoms with van der Waals surface area (Å²) in [7, 11) is -3.69. The molecule has 0 aliphatic heterocycles. The van der Waals surface area contributed by atoms with Crippen molar-refractivity contribution < 1.29 is 12.8 Å². The Kier molecular flexibility index (Phi) is 6.94. The first-order valence-corrected chi connectivity index (χ1v) is 9.27. The number of rotatable bonds is 8. The Labute approximate surface area is 124 Å². The van der Waals surface area contributed by atoms with Crippen LogP contribution in [0.25, 0.3) is 0 Å². The maximum atomic E-state index is 13.7. The molecule has 114 valence electrons. The average molecular weight is 320 g/mol. The molecule has 1 rings (SSSR count). The number of nitrogens with one attached hydrogen (secondary N) is 1. The standard InChI is InChI=1S/C13H21FN2O2S2/c1-10-12(14)7-11(9-15)8-13(10)20(17,18)16-5-3-4-6-19-2/h7-8,16H,3-6,9,15H2,1-2H3. The van der Waals surface area contributed by atoms with Crippen molar-refractivity contribution in [3.05, 3.63) is 29.1 Å². The number of hydrogen-bond acceptors (Lipinski definition) is 4. The zero-order valence-electron chi connectivity index (χ0n) is 11.8. The van der Waals surface area contributed by atoms with E-state index in [1.165, 1.54) is 19.1 Å². The van der Waals surface area contributed by atoms with Crippen molar-refractivity contribution in [2.75, 3.05) is 18.6 Å². The lowest BCUT2D eigenvalue weighted by atomic mass is 10.1. The molecule has 4 nitrogen and oxygen atoms in total. The van der Waals surface area contributed by atoms with Crippen LogP contribution in [0, 0.1) is 12.7 Å². The lowest BCUT2D eigenvalue weighted by Gasteiger charge is -2.11. The summed E-state index contributed by atoms with van der Waals surface area (Å²) in [5.41, 5.74) is 6.04. The highest BCUT2D eigenvalue weighted by molar-refractivity contribution is 7.98. The first-order chi connectivity index (χ1) is 9.42. The first kappa shape index (κ1) is 17.4. The smallest absolute Gasteiger partial charge is 0.240 e. The predicted octanol–water partition coefficient (Wildman–Crippen LogP) is 2.01. The molecule has 0 saturated heterocycles. The molecule has 7 heteroatoms. The molecule has 0 saturated carbocycles. The van der Waals surface area contributed by atoms with Crippen LogP contribution in [0.2, 0.25) is 0 Å². The second-order valence-corrected chi connectivity index (χ2v) is 7.22. The minimum absolute atomic E-state index is 0.0252. The Morgan fingerprint density at radius 2 is 2.05 bits per heavy atom. The molecular formula is C13H21FN2O2S2. The van der Waals surface area contributed by atoms with Gasteiger partial charge in [-0.25, -0.2) is 17.5 Å². The van der Waals surface area contributed by atoms with Crippen molar-refractivity contribution in [1.29, 1.82) is 0 Å². The number of hydrogen-bond donors (Lipinski definition) is 2. The van der Waals surface area contributed by atoms with Gasteiger partial charge in [-0.1, -0.05) is 0 Å². The van der Waals surface area contributed by atoms with Crippen LogP contribution in [0.1, 0.15) is 24.0 Å². The molecule has 0 spiro atoms. The number of sulfonamides is 1. The van der Waals surface area contributed by atoms with Gasteiger partial charge in [0.05, 0.1) is 4.90 Å². The highest BCUT2D eigenvalue weighted by Gasteiger charge is 2.19. The van der Waals surface area contributed by atoms with Gasteiger partial charge in [-0.15, -0.1) is 0 Å². The number of unbranched alkanes of at least 4 members (excludes halogenated alkanes) is 1. The monoisotopic (exact) mass is 320 g/mol. The van der Waals surface area contributed by atoms with E-state index in [2.05, 4.69) is 4.72 Å². The fraction of sp³-hybridized carbons (Fsp3) is 0.538.